The predicted octanol–water partition coefficient (Wildman–Crippen LogP) is 2.96. The van der Waals surface area contributed by atoms with Crippen LogP contribution in [0.2, 0.25) is 0 Å². The van der Waals surface area contributed by atoms with E-state index in [1.165, 1.54) is 0 Å². The Hall–Kier alpha value is -3.22. The lowest BCUT2D eigenvalue weighted by atomic mass is 9.97. The number of benzene rings is 1. The number of aromatic nitrogens is 3. The maximum absolute atomic E-state index is 12.7. The van der Waals surface area contributed by atoms with Crippen LogP contribution in [-0.4, -0.2) is 40.6 Å². The second-order valence-corrected chi connectivity index (χ2v) is 7.14. The van der Waals surface area contributed by atoms with Gasteiger partial charge in [-0.05, 0) is 43.5 Å². The number of rotatable bonds is 6. The van der Waals surface area contributed by atoms with E-state index in [0.29, 0.717) is 25.6 Å². The molecular weight excluding hydrogens is 366 g/mol. The minimum atomic E-state index is -0.0943. The van der Waals surface area contributed by atoms with Crippen LogP contribution < -0.4 is 15.0 Å². The quantitative estimate of drug-likeness (QED) is 0.696. The van der Waals surface area contributed by atoms with E-state index < -0.39 is 0 Å². The van der Waals surface area contributed by atoms with Crippen LogP contribution in [0.1, 0.15) is 25.3 Å². The topological polar surface area (TPSA) is 80.2 Å². The van der Waals surface area contributed by atoms with Gasteiger partial charge in [-0.3, -0.25) is 9.78 Å². The van der Waals surface area contributed by atoms with Crippen LogP contribution in [0.15, 0.2) is 48.8 Å². The van der Waals surface area contributed by atoms with Gasteiger partial charge in [-0.2, -0.15) is 0 Å². The van der Waals surface area contributed by atoms with Crippen LogP contribution in [0.25, 0.3) is 11.0 Å². The van der Waals surface area contributed by atoms with Gasteiger partial charge >= 0.3 is 0 Å². The fraction of sp³-hybridized carbons (Fsp3) is 0.364. The van der Waals surface area contributed by atoms with E-state index in [-0.39, 0.29) is 11.8 Å². The zero-order valence-electron chi connectivity index (χ0n) is 16.5. The van der Waals surface area contributed by atoms with Crippen LogP contribution in [0, 0.1) is 5.92 Å². The Morgan fingerprint density at radius 2 is 2.03 bits per heavy atom. The summed E-state index contributed by atoms with van der Waals surface area (Å²) < 4.78 is 5.78. The molecular formula is C22H25N5O2. The summed E-state index contributed by atoms with van der Waals surface area (Å²) in [5, 5.41) is 3.04. The number of anilines is 1. The third-order valence-corrected chi connectivity index (χ3v) is 5.08. The number of fused-ring (bicyclic) bond motifs is 1. The summed E-state index contributed by atoms with van der Waals surface area (Å²) in [5.41, 5.74) is 2.63. The van der Waals surface area contributed by atoms with E-state index in [2.05, 4.69) is 20.2 Å². The van der Waals surface area contributed by atoms with Crippen molar-refractivity contribution in [3.05, 3.63) is 54.4 Å². The molecule has 1 amide bonds. The molecule has 3 aromatic rings. The van der Waals surface area contributed by atoms with Gasteiger partial charge in [0.2, 0.25) is 5.91 Å². The highest BCUT2D eigenvalue weighted by Crippen LogP contribution is 2.30. The lowest BCUT2D eigenvalue weighted by Gasteiger charge is -2.33. The maximum Gasteiger partial charge on any atom is 0.258 e. The van der Waals surface area contributed by atoms with Crippen molar-refractivity contribution in [2.24, 2.45) is 5.92 Å². The third kappa shape index (κ3) is 4.45. The van der Waals surface area contributed by atoms with Crippen molar-refractivity contribution >= 4 is 22.8 Å². The summed E-state index contributed by atoms with van der Waals surface area (Å²) >= 11 is 0. The molecule has 7 nitrogen and oxygen atoms in total. The van der Waals surface area contributed by atoms with Crippen LogP contribution in [0.4, 0.5) is 5.82 Å². The van der Waals surface area contributed by atoms with Gasteiger partial charge in [0.05, 0.1) is 23.6 Å². The van der Waals surface area contributed by atoms with Gasteiger partial charge in [-0.15, -0.1) is 0 Å². The molecule has 0 unspecified atom stereocenters. The molecule has 0 saturated carbocycles. The normalized spacial score (nSPS) is 16.6. The molecule has 29 heavy (non-hydrogen) atoms. The number of amides is 1. The fourth-order valence-electron chi connectivity index (χ4n) is 3.63. The van der Waals surface area contributed by atoms with Crippen molar-refractivity contribution in [2.75, 3.05) is 24.6 Å². The molecule has 2 aromatic heterocycles. The average molecular weight is 391 g/mol. The molecule has 1 atom stereocenters. The Labute approximate surface area is 170 Å². The molecule has 0 spiro atoms. The zero-order valence-corrected chi connectivity index (χ0v) is 16.5. The standard InChI is InChI=1S/C22H25N5O2/c1-2-29-22-20(25-18-9-3-4-10-19(18)26-22)27-12-6-8-17(15-27)21(28)24-14-16-7-5-11-23-13-16/h3-5,7,9-11,13,17H,2,6,8,12,14-15H2,1H3,(H,24,28)/t17-/m0/s1. The van der Waals surface area contributed by atoms with Crippen molar-refractivity contribution < 1.29 is 9.53 Å². The molecule has 3 heterocycles. The first kappa shape index (κ1) is 19.1. The van der Waals surface area contributed by atoms with E-state index in [0.717, 1.165) is 41.8 Å². The number of piperidine rings is 1. The Bertz CT molecular complexity index is 979. The maximum atomic E-state index is 12.7. The molecule has 0 aliphatic carbocycles. The van der Waals surface area contributed by atoms with Crippen molar-refractivity contribution in [1.82, 2.24) is 20.3 Å². The smallest absolute Gasteiger partial charge is 0.258 e. The number of pyridine rings is 1. The second-order valence-electron chi connectivity index (χ2n) is 7.14. The third-order valence-electron chi connectivity index (χ3n) is 5.08. The van der Waals surface area contributed by atoms with Crippen LogP contribution in [0.3, 0.4) is 0 Å². The van der Waals surface area contributed by atoms with Crippen molar-refractivity contribution in [3.63, 3.8) is 0 Å². The summed E-state index contributed by atoms with van der Waals surface area (Å²) in [6, 6.07) is 11.6. The van der Waals surface area contributed by atoms with Gasteiger partial charge in [0, 0.05) is 32.0 Å². The number of carbonyl (C=O) groups excluding carboxylic acids is 1. The summed E-state index contributed by atoms with van der Waals surface area (Å²) in [6.07, 6.45) is 5.28. The minimum absolute atomic E-state index is 0.0604. The monoisotopic (exact) mass is 391 g/mol. The SMILES string of the molecule is CCOc1nc2ccccc2nc1N1CCC[C@H](C(=O)NCc2cccnc2)C1. The van der Waals surface area contributed by atoms with E-state index in [1.54, 1.807) is 12.4 Å². The van der Waals surface area contributed by atoms with Gasteiger partial charge in [0.15, 0.2) is 5.82 Å². The van der Waals surface area contributed by atoms with Gasteiger partial charge in [-0.25, -0.2) is 9.97 Å². The Morgan fingerprint density at radius 1 is 1.21 bits per heavy atom. The van der Waals surface area contributed by atoms with Gasteiger partial charge in [-0.1, -0.05) is 18.2 Å². The van der Waals surface area contributed by atoms with E-state index in [4.69, 9.17) is 9.72 Å². The van der Waals surface area contributed by atoms with Crippen molar-refractivity contribution in [3.8, 4) is 5.88 Å². The highest BCUT2D eigenvalue weighted by molar-refractivity contribution is 5.80. The number of hydrogen-bond donors (Lipinski definition) is 1. The molecule has 1 fully saturated rings. The van der Waals surface area contributed by atoms with Gasteiger partial charge in [0.1, 0.15) is 0 Å². The van der Waals surface area contributed by atoms with Crippen molar-refractivity contribution in [1.29, 1.82) is 0 Å². The Balaban J connectivity index is 1.50. The number of nitrogens with zero attached hydrogens (tertiary/aromatic N) is 4. The first-order valence-electron chi connectivity index (χ1n) is 10.1. The number of nitrogens with one attached hydrogen (secondary N) is 1. The lowest BCUT2D eigenvalue weighted by molar-refractivity contribution is -0.125. The summed E-state index contributed by atoms with van der Waals surface area (Å²) in [4.78, 5) is 28.4. The highest BCUT2D eigenvalue weighted by atomic mass is 16.5. The molecule has 4 rings (SSSR count). The van der Waals surface area contributed by atoms with Crippen LogP contribution >= 0.6 is 0 Å². The molecule has 1 N–H and O–H groups in total. The number of carbonyl (C=O) groups is 1. The van der Waals surface area contributed by atoms with Crippen molar-refractivity contribution in [2.45, 2.75) is 26.3 Å². The molecule has 1 aliphatic heterocycles. The molecule has 1 saturated heterocycles. The van der Waals surface area contributed by atoms with Crippen LogP contribution in [-0.2, 0) is 11.3 Å². The van der Waals surface area contributed by atoms with E-state index in [1.807, 2.05) is 43.3 Å². The molecule has 1 aromatic carbocycles. The predicted molar refractivity (Wildman–Crippen MR) is 112 cm³/mol. The Morgan fingerprint density at radius 3 is 2.79 bits per heavy atom. The lowest BCUT2D eigenvalue weighted by Crippen LogP contribution is -2.43. The van der Waals surface area contributed by atoms with E-state index in [9.17, 15) is 4.79 Å². The number of para-hydroxylation sites is 2. The zero-order chi connectivity index (χ0) is 20.1. The molecule has 7 heteroatoms. The number of ether oxygens (including phenoxy) is 1. The first-order chi connectivity index (χ1) is 14.2. The number of hydrogen-bond acceptors (Lipinski definition) is 6. The summed E-state index contributed by atoms with van der Waals surface area (Å²) in [6.45, 7) is 4.38. The van der Waals surface area contributed by atoms with E-state index >= 15 is 0 Å². The van der Waals surface area contributed by atoms with Gasteiger partial charge < -0.3 is 15.0 Å². The first-order valence-corrected chi connectivity index (χ1v) is 10.1. The second kappa shape index (κ2) is 8.86. The average Bonchev–Trinajstić information content (AvgIpc) is 2.78. The summed E-state index contributed by atoms with van der Waals surface area (Å²) in [7, 11) is 0. The summed E-state index contributed by atoms with van der Waals surface area (Å²) in [5.74, 6) is 1.21. The molecule has 0 radical (unpaired) electrons. The minimum Gasteiger partial charge on any atom is -0.475 e. The fourth-order valence-corrected chi connectivity index (χ4v) is 3.63. The Kier molecular flexibility index (Phi) is 5.84. The van der Waals surface area contributed by atoms with Crippen LogP contribution in [0.5, 0.6) is 5.88 Å². The largest absolute Gasteiger partial charge is 0.475 e. The molecule has 1 aliphatic rings. The highest BCUT2D eigenvalue weighted by Gasteiger charge is 2.28. The van der Waals surface area contributed by atoms with Gasteiger partial charge in [0.25, 0.3) is 5.88 Å². The molecule has 0 bridgehead atoms. The molecule has 150 valence electrons.